The third-order valence-corrected chi connectivity index (χ3v) is 10.7. The highest BCUT2D eigenvalue weighted by atomic mass is 16.5. The van der Waals surface area contributed by atoms with Crippen molar-refractivity contribution >= 4 is 5.78 Å². The molecule has 5 aliphatic rings. The van der Waals surface area contributed by atoms with E-state index in [2.05, 4.69) is 39.5 Å². The Kier molecular flexibility index (Phi) is 6.38. The van der Waals surface area contributed by atoms with Crippen molar-refractivity contribution in [1.29, 1.82) is 0 Å². The molecule has 180 valence electrons. The predicted molar refractivity (Wildman–Crippen MR) is 130 cm³/mol. The molecular formula is C29H47NO2. The summed E-state index contributed by atoms with van der Waals surface area (Å²) in [5.41, 5.74) is 3.70. The molecule has 0 radical (unpaired) electrons. The second kappa shape index (κ2) is 8.84. The fraction of sp³-hybridized carbons (Fsp3) is 0.897. The van der Waals surface area contributed by atoms with Gasteiger partial charge in [-0.1, -0.05) is 25.8 Å². The number of carbonyl (C=O) groups is 1. The first-order valence-corrected chi connectivity index (χ1v) is 13.9. The van der Waals surface area contributed by atoms with E-state index in [9.17, 15) is 4.79 Å². The van der Waals surface area contributed by atoms with Crippen molar-refractivity contribution in [3.8, 4) is 0 Å². The van der Waals surface area contributed by atoms with E-state index in [1.165, 1.54) is 51.5 Å². The third kappa shape index (κ3) is 3.94. The fourth-order valence-corrected chi connectivity index (χ4v) is 8.95. The average molecular weight is 442 g/mol. The molecule has 0 N–H and O–H groups in total. The van der Waals surface area contributed by atoms with Gasteiger partial charge in [0.05, 0.1) is 12.7 Å². The zero-order valence-corrected chi connectivity index (χ0v) is 21.4. The van der Waals surface area contributed by atoms with Crippen molar-refractivity contribution in [3.05, 3.63) is 11.1 Å². The van der Waals surface area contributed by atoms with Crippen molar-refractivity contribution in [3.63, 3.8) is 0 Å². The minimum atomic E-state index is 0.385. The maximum Gasteiger partial charge on any atom is 0.133 e. The van der Waals surface area contributed by atoms with Gasteiger partial charge in [0.1, 0.15) is 5.78 Å². The van der Waals surface area contributed by atoms with Crippen LogP contribution in [0.1, 0.15) is 98.8 Å². The lowest BCUT2D eigenvalue weighted by Gasteiger charge is -2.52. The number of fused-ring (bicyclic) bond motifs is 6. The Balaban J connectivity index is 1.40. The lowest BCUT2D eigenvalue weighted by Crippen LogP contribution is -2.54. The van der Waals surface area contributed by atoms with Crippen LogP contribution in [0.3, 0.4) is 0 Å². The van der Waals surface area contributed by atoms with Gasteiger partial charge in [0.2, 0.25) is 0 Å². The van der Waals surface area contributed by atoms with Crippen LogP contribution in [0.4, 0.5) is 0 Å². The molecule has 0 bridgehead atoms. The summed E-state index contributed by atoms with van der Waals surface area (Å²) < 4.78 is 6.75. The highest BCUT2D eigenvalue weighted by molar-refractivity contribution is 5.79. The summed E-state index contributed by atoms with van der Waals surface area (Å²) >= 11 is 0. The van der Waals surface area contributed by atoms with E-state index < -0.39 is 0 Å². The second-order valence-electron chi connectivity index (χ2n) is 12.9. The Labute approximate surface area is 196 Å². The Morgan fingerprint density at radius 3 is 2.72 bits per heavy atom. The van der Waals surface area contributed by atoms with Crippen LogP contribution in [0, 0.1) is 35.0 Å². The van der Waals surface area contributed by atoms with Crippen LogP contribution in [0.25, 0.3) is 0 Å². The molecule has 0 spiro atoms. The zero-order chi connectivity index (χ0) is 22.6. The molecule has 0 aromatic heterocycles. The molecular weight excluding hydrogens is 394 g/mol. The number of carbonyl (C=O) groups excluding carboxylic acids is 1. The highest BCUT2D eigenvalue weighted by Gasteiger charge is 2.55. The molecule has 0 unspecified atom stereocenters. The van der Waals surface area contributed by atoms with Crippen molar-refractivity contribution in [1.82, 2.24) is 4.90 Å². The Hall–Kier alpha value is -0.670. The third-order valence-electron chi connectivity index (χ3n) is 10.7. The van der Waals surface area contributed by atoms with E-state index in [0.717, 1.165) is 49.5 Å². The molecule has 3 aliphatic carbocycles. The van der Waals surface area contributed by atoms with Crippen LogP contribution >= 0.6 is 0 Å². The number of Topliss-reactive ketones (excluding diaryl/α,β-unsaturated/α-hetero) is 1. The summed E-state index contributed by atoms with van der Waals surface area (Å²) in [6, 6.07) is 1.19. The molecule has 0 aromatic carbocycles. The molecule has 4 fully saturated rings. The van der Waals surface area contributed by atoms with Crippen LogP contribution in [0.2, 0.25) is 0 Å². The van der Waals surface area contributed by atoms with Gasteiger partial charge in [-0.25, -0.2) is 0 Å². The lowest BCUT2D eigenvalue weighted by molar-refractivity contribution is -0.129. The van der Waals surface area contributed by atoms with E-state index in [4.69, 9.17) is 4.74 Å². The van der Waals surface area contributed by atoms with E-state index in [-0.39, 0.29) is 0 Å². The quantitative estimate of drug-likeness (QED) is 0.440. The summed E-state index contributed by atoms with van der Waals surface area (Å²) in [6.07, 6.45) is 12.4. The SMILES string of the molecule is C/C1=C2\C[C@H]3[C@@H](CC[C@@H]4CC(=O)CC[C@@]43C)[C@@H]2CCC[C@H]2[C@@H](C[C@H](C)CN2C(C)C)OC1. The van der Waals surface area contributed by atoms with Gasteiger partial charge in [-0.15, -0.1) is 0 Å². The van der Waals surface area contributed by atoms with Gasteiger partial charge in [0, 0.05) is 31.5 Å². The number of likely N-dealkylation sites (tertiary alicyclic amines) is 1. The number of ketones is 1. The number of nitrogens with zero attached hydrogens (tertiary/aromatic N) is 1. The molecule has 3 heteroatoms. The smallest absolute Gasteiger partial charge is 0.133 e. The first-order valence-electron chi connectivity index (χ1n) is 13.9. The van der Waals surface area contributed by atoms with Crippen LogP contribution in [-0.2, 0) is 9.53 Å². The van der Waals surface area contributed by atoms with Crippen LogP contribution < -0.4 is 0 Å². The topological polar surface area (TPSA) is 29.5 Å². The van der Waals surface area contributed by atoms with Gasteiger partial charge in [-0.2, -0.15) is 0 Å². The predicted octanol–water partition coefficient (Wildman–Crippen LogP) is 6.41. The molecule has 32 heavy (non-hydrogen) atoms. The molecule has 3 saturated carbocycles. The largest absolute Gasteiger partial charge is 0.372 e. The summed E-state index contributed by atoms with van der Waals surface area (Å²) in [5.74, 6) is 4.30. The van der Waals surface area contributed by atoms with Gasteiger partial charge >= 0.3 is 0 Å². The number of piperidine rings is 1. The molecule has 3 nitrogen and oxygen atoms in total. The molecule has 1 saturated heterocycles. The molecule has 0 aromatic rings. The molecule has 0 amide bonds. The van der Waals surface area contributed by atoms with E-state index in [1.807, 2.05) is 0 Å². The highest BCUT2D eigenvalue weighted by Crippen LogP contribution is 2.63. The Bertz CT molecular complexity index is 756. The summed E-state index contributed by atoms with van der Waals surface area (Å²) in [7, 11) is 0. The van der Waals surface area contributed by atoms with Crippen LogP contribution in [-0.4, -0.2) is 42.0 Å². The van der Waals surface area contributed by atoms with Gasteiger partial charge in [0.15, 0.2) is 0 Å². The Morgan fingerprint density at radius 1 is 1.12 bits per heavy atom. The van der Waals surface area contributed by atoms with Gasteiger partial charge in [0.25, 0.3) is 0 Å². The van der Waals surface area contributed by atoms with Gasteiger partial charge in [-0.05, 0) is 106 Å². The lowest BCUT2D eigenvalue weighted by atomic mass is 9.52. The first-order chi connectivity index (χ1) is 15.3. The van der Waals surface area contributed by atoms with Crippen molar-refractivity contribution in [2.24, 2.45) is 35.0 Å². The van der Waals surface area contributed by atoms with Crippen molar-refractivity contribution in [2.45, 2.75) is 117 Å². The van der Waals surface area contributed by atoms with Crippen LogP contribution in [0.5, 0.6) is 0 Å². The zero-order valence-electron chi connectivity index (χ0n) is 21.4. The van der Waals surface area contributed by atoms with Crippen molar-refractivity contribution < 1.29 is 9.53 Å². The number of allylic oxidation sites excluding steroid dienone is 1. The number of hydrogen-bond acceptors (Lipinski definition) is 3. The normalized spacial score (nSPS) is 48.1. The van der Waals surface area contributed by atoms with E-state index >= 15 is 0 Å². The second-order valence-corrected chi connectivity index (χ2v) is 12.9. The monoisotopic (exact) mass is 441 g/mol. The summed E-state index contributed by atoms with van der Waals surface area (Å²) in [6.45, 7) is 14.1. The average Bonchev–Trinajstić information content (AvgIpc) is 3.13. The number of ether oxygens (including phenoxy) is 1. The fourth-order valence-electron chi connectivity index (χ4n) is 8.95. The molecule has 8 atom stereocenters. The van der Waals surface area contributed by atoms with Crippen LogP contribution in [0.15, 0.2) is 11.1 Å². The summed E-state index contributed by atoms with van der Waals surface area (Å²) in [5, 5.41) is 0. The number of hydrogen-bond donors (Lipinski definition) is 0. The minimum absolute atomic E-state index is 0.385. The van der Waals surface area contributed by atoms with E-state index in [1.54, 1.807) is 11.1 Å². The first kappa shape index (κ1) is 23.1. The van der Waals surface area contributed by atoms with Gasteiger partial charge < -0.3 is 4.74 Å². The molecule has 5 rings (SSSR count). The van der Waals surface area contributed by atoms with Gasteiger partial charge in [-0.3, -0.25) is 9.69 Å². The Morgan fingerprint density at radius 2 is 1.94 bits per heavy atom. The van der Waals surface area contributed by atoms with E-state index in [0.29, 0.717) is 35.3 Å². The minimum Gasteiger partial charge on any atom is -0.372 e. The maximum absolute atomic E-state index is 12.2. The summed E-state index contributed by atoms with van der Waals surface area (Å²) in [4.78, 5) is 15.0. The maximum atomic E-state index is 12.2. The number of rotatable bonds is 1. The molecule has 2 heterocycles. The molecule has 2 aliphatic heterocycles. The van der Waals surface area contributed by atoms with Crippen molar-refractivity contribution in [2.75, 3.05) is 13.2 Å². The standard InChI is InChI=1S/C29H47NO2/c1-18(2)30-16-19(3)13-28-27(30)8-6-7-23-24-10-9-21-14-22(31)11-12-29(21,5)26(24)15-25(23)20(4)17-32-28/h18-19,21,23-24,26-28H,6-17H2,1-5H3/b25-20-/t19-,21+,23-,24-,26-,27-,28+,29-/m0/s1.